The first-order chi connectivity index (χ1) is 9.08. The lowest BCUT2D eigenvalue weighted by molar-refractivity contribution is 0.402. The molecular weight excluding hydrogens is 306 g/mol. The van der Waals surface area contributed by atoms with Gasteiger partial charge in [-0.15, -0.1) is 0 Å². The Morgan fingerprint density at radius 1 is 1.42 bits per heavy atom. The Morgan fingerprint density at radius 3 is 2.74 bits per heavy atom. The minimum atomic E-state index is 0.0502. The molecule has 0 radical (unpaired) electrons. The highest BCUT2D eigenvalue weighted by Gasteiger charge is 2.21. The van der Waals surface area contributed by atoms with Crippen molar-refractivity contribution in [2.24, 2.45) is 7.05 Å². The van der Waals surface area contributed by atoms with Gasteiger partial charge in [0.05, 0.1) is 19.3 Å². The van der Waals surface area contributed by atoms with Crippen LogP contribution in [0.4, 0.5) is 0 Å². The summed E-state index contributed by atoms with van der Waals surface area (Å²) in [5, 5.41) is 7.59. The molecule has 1 atom stereocenters. The first-order valence-corrected chi connectivity index (χ1v) is 6.87. The van der Waals surface area contributed by atoms with Crippen molar-refractivity contribution in [3.8, 4) is 5.75 Å². The van der Waals surface area contributed by atoms with E-state index >= 15 is 0 Å². The number of ether oxygens (including phenoxy) is 1. The number of hydrogen-bond donors (Lipinski definition) is 1. The molecule has 0 amide bonds. The van der Waals surface area contributed by atoms with Crippen molar-refractivity contribution in [3.05, 3.63) is 45.7 Å². The summed E-state index contributed by atoms with van der Waals surface area (Å²) >= 11 is 3.53. The second kappa shape index (κ2) is 5.75. The molecule has 0 saturated carbocycles. The van der Waals surface area contributed by atoms with E-state index in [0.29, 0.717) is 0 Å². The van der Waals surface area contributed by atoms with Gasteiger partial charge in [-0.05, 0) is 31.2 Å². The SMILES string of the molecule is CNC(c1ccc(Br)c(C)c1)c1c(OC)cnn1C. The van der Waals surface area contributed by atoms with Gasteiger partial charge in [0.15, 0.2) is 5.75 Å². The van der Waals surface area contributed by atoms with E-state index in [4.69, 9.17) is 4.74 Å². The molecule has 1 aromatic heterocycles. The van der Waals surface area contributed by atoms with Crippen molar-refractivity contribution >= 4 is 15.9 Å². The number of rotatable bonds is 4. The Morgan fingerprint density at radius 2 is 2.16 bits per heavy atom. The van der Waals surface area contributed by atoms with Crippen LogP contribution in [0.1, 0.15) is 22.9 Å². The Hall–Kier alpha value is -1.33. The first-order valence-electron chi connectivity index (χ1n) is 6.07. The Balaban J connectivity index is 2.49. The van der Waals surface area contributed by atoms with E-state index in [-0.39, 0.29) is 6.04 Å². The lowest BCUT2D eigenvalue weighted by atomic mass is 10.0. The van der Waals surface area contributed by atoms with Gasteiger partial charge in [-0.1, -0.05) is 28.1 Å². The van der Waals surface area contributed by atoms with Gasteiger partial charge < -0.3 is 10.1 Å². The zero-order chi connectivity index (χ0) is 14.0. The van der Waals surface area contributed by atoms with E-state index in [9.17, 15) is 0 Å². The summed E-state index contributed by atoms with van der Waals surface area (Å²) in [7, 11) is 5.53. The van der Waals surface area contributed by atoms with Crippen LogP contribution in [0.3, 0.4) is 0 Å². The Labute approximate surface area is 121 Å². The highest BCUT2D eigenvalue weighted by molar-refractivity contribution is 9.10. The topological polar surface area (TPSA) is 39.1 Å². The van der Waals surface area contributed by atoms with E-state index in [0.717, 1.165) is 15.9 Å². The maximum Gasteiger partial charge on any atom is 0.161 e. The van der Waals surface area contributed by atoms with Crippen LogP contribution in [0, 0.1) is 6.92 Å². The predicted molar refractivity (Wildman–Crippen MR) is 79.5 cm³/mol. The van der Waals surface area contributed by atoms with Gasteiger partial charge in [-0.2, -0.15) is 5.10 Å². The number of methoxy groups -OCH3 is 1. The number of benzene rings is 1. The molecule has 1 N–H and O–H groups in total. The Kier molecular flexibility index (Phi) is 4.27. The van der Waals surface area contributed by atoms with Gasteiger partial charge in [0.2, 0.25) is 0 Å². The zero-order valence-corrected chi connectivity index (χ0v) is 13.2. The lowest BCUT2D eigenvalue weighted by Gasteiger charge is -2.19. The molecule has 1 unspecified atom stereocenters. The summed E-state index contributed by atoms with van der Waals surface area (Å²) in [5.74, 6) is 0.794. The normalized spacial score (nSPS) is 12.5. The predicted octanol–water partition coefficient (Wildman–Crippen LogP) is 2.81. The molecule has 102 valence electrons. The molecule has 2 aromatic rings. The molecule has 0 spiro atoms. The summed E-state index contributed by atoms with van der Waals surface area (Å²) in [6.45, 7) is 2.08. The fourth-order valence-electron chi connectivity index (χ4n) is 2.22. The number of aryl methyl sites for hydroxylation is 2. The molecule has 0 aliphatic rings. The largest absolute Gasteiger partial charge is 0.493 e. The molecule has 0 aliphatic carbocycles. The maximum atomic E-state index is 5.39. The molecule has 1 aromatic carbocycles. The zero-order valence-electron chi connectivity index (χ0n) is 11.6. The van der Waals surface area contributed by atoms with Crippen LogP contribution in [0.2, 0.25) is 0 Å². The molecule has 0 bridgehead atoms. The number of halogens is 1. The van der Waals surface area contributed by atoms with Gasteiger partial charge in [0.25, 0.3) is 0 Å². The summed E-state index contributed by atoms with van der Waals surface area (Å²) < 4.78 is 8.35. The van der Waals surface area contributed by atoms with Crippen LogP contribution in [-0.4, -0.2) is 23.9 Å². The lowest BCUT2D eigenvalue weighted by Crippen LogP contribution is -2.21. The summed E-state index contributed by atoms with van der Waals surface area (Å²) in [4.78, 5) is 0. The third kappa shape index (κ3) is 2.67. The number of aromatic nitrogens is 2. The molecular formula is C14H18BrN3O. The number of nitrogens with one attached hydrogen (secondary N) is 1. The van der Waals surface area contributed by atoms with Crippen LogP contribution < -0.4 is 10.1 Å². The van der Waals surface area contributed by atoms with Gasteiger partial charge in [-0.3, -0.25) is 4.68 Å². The van der Waals surface area contributed by atoms with Gasteiger partial charge >= 0.3 is 0 Å². The quantitative estimate of drug-likeness (QED) is 0.940. The van der Waals surface area contributed by atoms with Crippen molar-refractivity contribution in [1.29, 1.82) is 0 Å². The monoisotopic (exact) mass is 323 g/mol. The second-order valence-corrected chi connectivity index (χ2v) is 5.31. The molecule has 0 saturated heterocycles. The highest BCUT2D eigenvalue weighted by atomic mass is 79.9. The number of nitrogens with zero attached hydrogens (tertiary/aromatic N) is 2. The maximum absolute atomic E-state index is 5.39. The van der Waals surface area contributed by atoms with Crippen molar-refractivity contribution in [2.75, 3.05) is 14.2 Å². The molecule has 4 nitrogen and oxygen atoms in total. The van der Waals surface area contributed by atoms with Crippen molar-refractivity contribution in [1.82, 2.24) is 15.1 Å². The van der Waals surface area contributed by atoms with E-state index in [1.54, 1.807) is 13.3 Å². The first kappa shape index (κ1) is 14.1. The third-order valence-corrected chi connectivity index (χ3v) is 4.14. The van der Waals surface area contributed by atoms with Crippen LogP contribution >= 0.6 is 15.9 Å². The van der Waals surface area contributed by atoms with Crippen molar-refractivity contribution in [2.45, 2.75) is 13.0 Å². The number of hydrogen-bond acceptors (Lipinski definition) is 3. The average molecular weight is 324 g/mol. The van der Waals surface area contributed by atoms with Crippen LogP contribution in [0.15, 0.2) is 28.9 Å². The van der Waals surface area contributed by atoms with Crippen LogP contribution in [0.5, 0.6) is 5.75 Å². The van der Waals surface area contributed by atoms with Crippen LogP contribution in [-0.2, 0) is 7.05 Å². The van der Waals surface area contributed by atoms with Gasteiger partial charge in [-0.25, -0.2) is 0 Å². The fraction of sp³-hybridized carbons (Fsp3) is 0.357. The van der Waals surface area contributed by atoms with Gasteiger partial charge in [0, 0.05) is 11.5 Å². The standard InChI is InChI=1S/C14H18BrN3O/c1-9-7-10(5-6-11(9)15)13(16-2)14-12(19-4)8-17-18(14)3/h5-8,13,16H,1-4H3. The third-order valence-electron chi connectivity index (χ3n) is 3.25. The van der Waals surface area contributed by atoms with Crippen LogP contribution in [0.25, 0.3) is 0 Å². The fourth-order valence-corrected chi connectivity index (χ4v) is 2.47. The summed E-state index contributed by atoms with van der Waals surface area (Å²) in [6.07, 6.45) is 1.74. The summed E-state index contributed by atoms with van der Waals surface area (Å²) in [5.41, 5.74) is 3.41. The van der Waals surface area contributed by atoms with E-state index in [1.807, 2.05) is 18.8 Å². The van der Waals surface area contributed by atoms with E-state index < -0.39 is 0 Å². The van der Waals surface area contributed by atoms with Crippen molar-refractivity contribution < 1.29 is 4.74 Å². The molecule has 2 rings (SSSR count). The minimum Gasteiger partial charge on any atom is -0.493 e. The molecule has 5 heteroatoms. The average Bonchev–Trinajstić information content (AvgIpc) is 2.76. The van der Waals surface area contributed by atoms with Crippen molar-refractivity contribution in [3.63, 3.8) is 0 Å². The molecule has 19 heavy (non-hydrogen) atoms. The second-order valence-electron chi connectivity index (χ2n) is 4.45. The highest BCUT2D eigenvalue weighted by Crippen LogP contribution is 2.30. The van der Waals surface area contributed by atoms with Gasteiger partial charge in [0.1, 0.15) is 5.69 Å². The van der Waals surface area contributed by atoms with E-state index in [2.05, 4.69) is 51.5 Å². The smallest absolute Gasteiger partial charge is 0.161 e. The Bertz CT molecular complexity index is 580. The van der Waals surface area contributed by atoms with E-state index in [1.165, 1.54) is 11.1 Å². The molecule has 1 heterocycles. The molecule has 0 aliphatic heterocycles. The molecule has 0 fully saturated rings. The minimum absolute atomic E-state index is 0.0502. The summed E-state index contributed by atoms with van der Waals surface area (Å²) in [6, 6.07) is 6.38.